The predicted molar refractivity (Wildman–Crippen MR) is 135 cm³/mol. The number of furan rings is 1. The Kier molecular flexibility index (Phi) is 6.00. The maximum absolute atomic E-state index is 13.2. The molecule has 0 aliphatic carbocycles. The highest BCUT2D eigenvalue weighted by Crippen LogP contribution is 2.26. The fourth-order valence-corrected chi connectivity index (χ4v) is 4.31. The number of hydrogen-bond donors (Lipinski definition) is 1. The molecule has 1 atom stereocenters. The number of amides is 1. The molecule has 2 heterocycles. The number of aromatic nitrogens is 2. The van der Waals surface area contributed by atoms with Gasteiger partial charge in [-0.2, -0.15) is 0 Å². The van der Waals surface area contributed by atoms with Crippen LogP contribution in [0.15, 0.2) is 95.5 Å². The average Bonchev–Trinajstić information content (AvgIpc) is 3.48. The fraction of sp³-hybridized carbons (Fsp3) is 0.172. The van der Waals surface area contributed by atoms with Gasteiger partial charge >= 0.3 is 0 Å². The summed E-state index contributed by atoms with van der Waals surface area (Å²) in [7, 11) is 2.00. The number of benzene rings is 3. The molecule has 0 unspecified atom stereocenters. The summed E-state index contributed by atoms with van der Waals surface area (Å²) in [6.07, 6.45) is 3.50. The number of aryl methyl sites for hydroxylation is 1. The first kappa shape index (κ1) is 21.7. The Hall–Kier alpha value is -4.12. The molecule has 2 aromatic heterocycles. The third kappa shape index (κ3) is 4.37. The molecule has 0 aliphatic rings. The van der Waals surface area contributed by atoms with E-state index in [-0.39, 0.29) is 11.9 Å². The Morgan fingerprint density at radius 1 is 0.971 bits per heavy atom. The highest BCUT2D eigenvalue weighted by atomic mass is 16.3. The largest absolute Gasteiger partial charge is 0.451 e. The van der Waals surface area contributed by atoms with Gasteiger partial charge in [-0.15, -0.1) is 0 Å². The number of imidazole rings is 1. The molecule has 1 N–H and O–H groups in total. The van der Waals surface area contributed by atoms with Gasteiger partial charge in [0.15, 0.2) is 5.76 Å². The maximum Gasteiger partial charge on any atom is 0.287 e. The molecule has 0 radical (unpaired) electrons. The van der Waals surface area contributed by atoms with Crippen molar-refractivity contribution in [2.45, 2.75) is 25.8 Å². The molecule has 170 valence electrons. The first-order valence-corrected chi connectivity index (χ1v) is 11.6. The lowest BCUT2D eigenvalue weighted by atomic mass is 10.0. The van der Waals surface area contributed by atoms with E-state index in [1.165, 1.54) is 5.56 Å². The van der Waals surface area contributed by atoms with Gasteiger partial charge in [0.2, 0.25) is 0 Å². The van der Waals surface area contributed by atoms with Crippen LogP contribution in [-0.4, -0.2) is 15.5 Å². The summed E-state index contributed by atoms with van der Waals surface area (Å²) in [6.45, 7) is 2.15. The van der Waals surface area contributed by atoms with E-state index in [2.05, 4.69) is 53.2 Å². The van der Waals surface area contributed by atoms with Gasteiger partial charge in [-0.25, -0.2) is 4.98 Å². The zero-order chi connectivity index (χ0) is 23.5. The van der Waals surface area contributed by atoms with Crippen molar-refractivity contribution in [2.24, 2.45) is 7.05 Å². The highest BCUT2D eigenvalue weighted by Gasteiger charge is 2.23. The summed E-state index contributed by atoms with van der Waals surface area (Å²) in [4.78, 5) is 17.9. The van der Waals surface area contributed by atoms with Crippen LogP contribution in [0.3, 0.4) is 0 Å². The van der Waals surface area contributed by atoms with Crippen LogP contribution in [0.5, 0.6) is 0 Å². The van der Waals surface area contributed by atoms with E-state index in [1.807, 2.05) is 55.7 Å². The molecule has 0 bridgehead atoms. The van der Waals surface area contributed by atoms with Crippen molar-refractivity contribution in [1.82, 2.24) is 14.9 Å². The number of nitrogens with zero attached hydrogens (tertiary/aromatic N) is 2. The summed E-state index contributed by atoms with van der Waals surface area (Å²) in [5, 5.41) is 4.07. The second-order valence-corrected chi connectivity index (χ2v) is 8.48. The molecule has 3 aromatic carbocycles. The van der Waals surface area contributed by atoms with E-state index in [4.69, 9.17) is 9.40 Å². The molecule has 5 aromatic rings. The van der Waals surface area contributed by atoms with E-state index in [0.717, 1.165) is 34.5 Å². The van der Waals surface area contributed by atoms with Crippen LogP contribution >= 0.6 is 0 Å². The second-order valence-electron chi connectivity index (χ2n) is 8.48. The normalized spacial score (nSPS) is 12.1. The van der Waals surface area contributed by atoms with Crippen molar-refractivity contribution >= 4 is 16.9 Å². The minimum Gasteiger partial charge on any atom is -0.451 e. The Labute approximate surface area is 199 Å². The van der Waals surface area contributed by atoms with E-state index in [9.17, 15) is 4.79 Å². The zero-order valence-electron chi connectivity index (χ0n) is 19.4. The summed E-state index contributed by atoms with van der Waals surface area (Å²) in [6, 6.07) is 27.8. The number of carbonyl (C=O) groups excluding carboxylic acids is 1. The average molecular weight is 450 g/mol. The number of hydrogen-bond acceptors (Lipinski definition) is 3. The summed E-state index contributed by atoms with van der Waals surface area (Å²) in [5.74, 6) is 0.834. The minimum absolute atomic E-state index is 0.256. The topological polar surface area (TPSA) is 60.1 Å². The summed E-state index contributed by atoms with van der Waals surface area (Å²) >= 11 is 0. The lowest BCUT2D eigenvalue weighted by Crippen LogP contribution is -2.31. The van der Waals surface area contributed by atoms with Gasteiger partial charge in [-0.05, 0) is 41.7 Å². The Morgan fingerprint density at radius 2 is 1.71 bits per heavy atom. The first-order valence-electron chi connectivity index (χ1n) is 11.6. The molecule has 5 rings (SSSR count). The van der Waals surface area contributed by atoms with Gasteiger partial charge in [0.05, 0.1) is 17.9 Å². The number of fused-ring (bicyclic) bond motifs is 1. The maximum atomic E-state index is 13.2. The van der Waals surface area contributed by atoms with E-state index in [1.54, 1.807) is 6.07 Å². The van der Waals surface area contributed by atoms with Crippen LogP contribution in [0.4, 0.5) is 0 Å². The molecule has 0 saturated heterocycles. The van der Waals surface area contributed by atoms with Gasteiger partial charge in [0.1, 0.15) is 11.4 Å². The van der Waals surface area contributed by atoms with Gasteiger partial charge in [-0.3, -0.25) is 4.79 Å². The van der Waals surface area contributed by atoms with Crippen LogP contribution in [0.1, 0.15) is 40.5 Å². The van der Waals surface area contributed by atoms with Crippen molar-refractivity contribution in [1.29, 1.82) is 0 Å². The van der Waals surface area contributed by atoms with E-state index < -0.39 is 0 Å². The van der Waals surface area contributed by atoms with Crippen molar-refractivity contribution in [3.8, 4) is 11.3 Å². The highest BCUT2D eigenvalue weighted by molar-refractivity contribution is 5.96. The van der Waals surface area contributed by atoms with E-state index in [0.29, 0.717) is 17.8 Å². The van der Waals surface area contributed by atoms with Gasteiger partial charge < -0.3 is 14.3 Å². The number of carbonyl (C=O) groups is 1. The van der Waals surface area contributed by atoms with Gasteiger partial charge in [0.25, 0.3) is 5.91 Å². The molecular weight excluding hydrogens is 422 g/mol. The van der Waals surface area contributed by atoms with Crippen molar-refractivity contribution in [3.05, 3.63) is 114 Å². The molecule has 0 aliphatic heterocycles. The molecule has 5 nitrogen and oxygen atoms in total. The quantitative estimate of drug-likeness (QED) is 0.326. The molecule has 1 amide bonds. The van der Waals surface area contributed by atoms with Crippen molar-refractivity contribution < 1.29 is 9.21 Å². The zero-order valence-corrected chi connectivity index (χ0v) is 19.4. The SMILES string of the molecule is CCc1ccc(-c2cnc([C@H](Cc3ccccc3)NC(=O)c3cc4ccccc4o3)n2C)cc1. The molecule has 0 saturated carbocycles. The summed E-state index contributed by atoms with van der Waals surface area (Å²) < 4.78 is 7.87. The molecule has 0 spiro atoms. The minimum atomic E-state index is -0.322. The number of para-hydroxylation sites is 1. The van der Waals surface area contributed by atoms with Gasteiger partial charge in [0, 0.05) is 12.4 Å². The lowest BCUT2D eigenvalue weighted by Gasteiger charge is -2.19. The van der Waals surface area contributed by atoms with Crippen LogP contribution in [0.2, 0.25) is 0 Å². The van der Waals surface area contributed by atoms with Crippen molar-refractivity contribution in [3.63, 3.8) is 0 Å². The third-order valence-corrected chi connectivity index (χ3v) is 6.23. The Balaban J connectivity index is 1.47. The fourth-order valence-electron chi connectivity index (χ4n) is 4.31. The standard InChI is InChI=1S/C29H27N3O2/c1-3-20-13-15-22(16-14-20)25-19-30-28(32(25)2)24(17-21-9-5-4-6-10-21)31-29(33)27-18-23-11-7-8-12-26(23)34-27/h4-16,18-19,24H,3,17H2,1-2H3,(H,31,33)/t24-/m0/s1. The second kappa shape index (κ2) is 9.40. The van der Waals surface area contributed by atoms with Crippen LogP contribution in [-0.2, 0) is 19.9 Å². The predicted octanol–water partition coefficient (Wildman–Crippen LogP) is 6.11. The van der Waals surface area contributed by atoms with Crippen LogP contribution < -0.4 is 5.32 Å². The van der Waals surface area contributed by atoms with Crippen molar-refractivity contribution in [2.75, 3.05) is 0 Å². The molecule has 0 fully saturated rings. The monoisotopic (exact) mass is 449 g/mol. The number of nitrogens with one attached hydrogen (secondary N) is 1. The first-order chi connectivity index (χ1) is 16.6. The smallest absolute Gasteiger partial charge is 0.287 e. The molecular formula is C29H27N3O2. The number of rotatable bonds is 7. The van der Waals surface area contributed by atoms with Crippen LogP contribution in [0, 0.1) is 0 Å². The molecule has 5 heteroatoms. The van der Waals surface area contributed by atoms with Gasteiger partial charge in [-0.1, -0.05) is 79.7 Å². The molecule has 34 heavy (non-hydrogen) atoms. The van der Waals surface area contributed by atoms with Crippen LogP contribution in [0.25, 0.3) is 22.2 Å². The Bertz CT molecular complexity index is 1380. The third-order valence-electron chi connectivity index (χ3n) is 6.23. The lowest BCUT2D eigenvalue weighted by molar-refractivity contribution is 0.0908. The summed E-state index contributed by atoms with van der Waals surface area (Å²) in [5.41, 5.74) is 5.22. The Morgan fingerprint density at radius 3 is 2.44 bits per heavy atom. The van der Waals surface area contributed by atoms with E-state index >= 15 is 0 Å².